The zero-order valence-corrected chi connectivity index (χ0v) is 23.1. The number of nitrogens with zero attached hydrogens (tertiary/aromatic N) is 1. The molecule has 0 bridgehead atoms. The Balaban J connectivity index is 1.52. The summed E-state index contributed by atoms with van der Waals surface area (Å²) >= 11 is 1.17. The van der Waals surface area contributed by atoms with E-state index < -0.39 is 17.0 Å². The second kappa shape index (κ2) is 7.47. The number of ketones is 2. The van der Waals surface area contributed by atoms with Crippen molar-refractivity contribution in [1.82, 2.24) is 0 Å². The first-order valence-corrected chi connectivity index (χ1v) is 14.9. The summed E-state index contributed by atoms with van der Waals surface area (Å²) in [5.74, 6) is -0.692. The van der Waals surface area contributed by atoms with Crippen LogP contribution in [0, 0.1) is 0 Å². The van der Waals surface area contributed by atoms with Gasteiger partial charge in [-0.1, -0.05) is 19.9 Å². The first-order chi connectivity index (χ1) is 18.0. The third-order valence-corrected chi connectivity index (χ3v) is 10.9. The number of para-hydroxylation sites is 2. The first kappa shape index (κ1) is 23.9. The van der Waals surface area contributed by atoms with Crippen LogP contribution in [0.2, 0.25) is 0 Å². The van der Waals surface area contributed by atoms with Gasteiger partial charge in [-0.25, -0.2) is 0 Å². The molecule has 2 aromatic carbocycles. The Bertz CT molecular complexity index is 1730. The number of rotatable bonds is 1. The predicted molar refractivity (Wildman–Crippen MR) is 144 cm³/mol. The number of anilines is 3. The van der Waals surface area contributed by atoms with E-state index in [4.69, 9.17) is 0 Å². The maximum absolute atomic E-state index is 15.1. The number of hydrogen-bond donors (Lipinski definition) is 0. The van der Waals surface area contributed by atoms with Crippen molar-refractivity contribution in [3.05, 3.63) is 102 Å². The molecule has 0 spiro atoms. The molecule has 3 nitrogen and oxygen atoms in total. The number of halogens is 3. The molecule has 4 heterocycles. The van der Waals surface area contributed by atoms with Crippen LogP contribution in [0.5, 0.6) is 0 Å². The molecule has 0 fully saturated rings. The van der Waals surface area contributed by atoms with E-state index in [1.54, 1.807) is 22.0 Å². The van der Waals surface area contributed by atoms with E-state index in [1.807, 2.05) is 49.1 Å². The van der Waals surface area contributed by atoms with Crippen molar-refractivity contribution >= 4 is 59.9 Å². The second-order valence-electron chi connectivity index (χ2n) is 10.6. The number of fused-ring (bicyclic) bond motifs is 5. The van der Waals surface area contributed by atoms with Gasteiger partial charge in [0.15, 0.2) is 0 Å². The van der Waals surface area contributed by atoms with Crippen LogP contribution in [0.25, 0.3) is 6.08 Å². The fourth-order valence-electron chi connectivity index (χ4n) is 6.13. The molecule has 1 unspecified atom stereocenters. The van der Waals surface area contributed by atoms with Crippen LogP contribution in [0.3, 0.4) is 0 Å². The Labute approximate surface area is 227 Å². The number of carbonyl (C=O) groups excluding carboxylic acids is 2. The molecular formula is C30H20F3NO2SSe. The number of benzene rings is 2. The van der Waals surface area contributed by atoms with Gasteiger partial charge in [0, 0.05) is 0 Å². The van der Waals surface area contributed by atoms with Crippen LogP contribution in [0.1, 0.15) is 68.6 Å². The predicted octanol–water partition coefficient (Wildman–Crippen LogP) is 7.56. The summed E-state index contributed by atoms with van der Waals surface area (Å²) in [6.07, 6.45) is -3.11. The van der Waals surface area contributed by atoms with E-state index in [1.165, 1.54) is 30.4 Å². The molecule has 0 saturated carbocycles. The summed E-state index contributed by atoms with van der Waals surface area (Å²) in [6.45, 7) is 5.33. The molecule has 8 heteroatoms. The summed E-state index contributed by atoms with van der Waals surface area (Å²) < 4.78 is 45.3. The number of thiophene rings is 1. The van der Waals surface area contributed by atoms with E-state index in [0.717, 1.165) is 16.8 Å². The van der Waals surface area contributed by atoms with Crippen molar-refractivity contribution in [2.45, 2.75) is 37.8 Å². The van der Waals surface area contributed by atoms with Crippen molar-refractivity contribution in [2.24, 2.45) is 0 Å². The second-order valence-corrected chi connectivity index (χ2v) is 13.2. The molecule has 3 aliphatic rings. The van der Waals surface area contributed by atoms with Crippen molar-refractivity contribution in [3.8, 4) is 0 Å². The fraction of sp³-hybridized carbons (Fsp3) is 0.200. The molecule has 190 valence electrons. The number of Topliss-reactive ketones (excluding diaryl/α,β-unsaturated/α-hetero) is 2. The third-order valence-electron chi connectivity index (χ3n) is 8.26. The molecule has 1 atom stereocenters. The first-order valence-electron chi connectivity index (χ1n) is 12.1. The average Bonchev–Trinajstić information content (AvgIpc) is 3.58. The molecule has 2 aromatic heterocycles. The molecular weight excluding hydrogens is 574 g/mol. The van der Waals surface area contributed by atoms with E-state index in [2.05, 4.69) is 0 Å². The van der Waals surface area contributed by atoms with Gasteiger partial charge >= 0.3 is 208 Å². The fourth-order valence-corrected chi connectivity index (χ4v) is 9.05. The Morgan fingerprint density at radius 1 is 0.868 bits per heavy atom. The molecule has 1 aliphatic carbocycles. The normalized spacial score (nSPS) is 20.7. The zero-order valence-electron chi connectivity index (χ0n) is 20.6. The summed E-state index contributed by atoms with van der Waals surface area (Å²) in [7, 11) is 0. The minimum absolute atomic E-state index is 0.0169. The summed E-state index contributed by atoms with van der Waals surface area (Å²) in [5, 5.41) is 0.458. The quantitative estimate of drug-likeness (QED) is 0.130. The Morgan fingerprint density at radius 2 is 1.50 bits per heavy atom. The van der Waals surface area contributed by atoms with Crippen LogP contribution in [-0.4, -0.2) is 32.2 Å². The van der Waals surface area contributed by atoms with E-state index in [-0.39, 0.29) is 42.8 Å². The Kier molecular flexibility index (Phi) is 4.70. The molecule has 0 amide bonds. The molecule has 7 rings (SSSR count). The zero-order chi connectivity index (χ0) is 26.8. The summed E-state index contributed by atoms with van der Waals surface area (Å²) in [5.41, 5.74) is 1.67. The Morgan fingerprint density at radius 3 is 2.18 bits per heavy atom. The molecule has 4 aromatic rings. The molecule has 2 aliphatic heterocycles. The SMILES string of the molecule is CC1(C)c2ccccc2N2c3sc(C=C4C(=O)c5c[se]cc5C4=O)cc3C(C)(C(F)(F)F)c3cccc1c32. The van der Waals surface area contributed by atoms with Gasteiger partial charge in [0.25, 0.3) is 0 Å². The molecule has 0 saturated heterocycles. The van der Waals surface area contributed by atoms with Crippen molar-refractivity contribution in [1.29, 1.82) is 0 Å². The van der Waals surface area contributed by atoms with Crippen LogP contribution in [-0.2, 0) is 10.8 Å². The number of carbonyl (C=O) groups is 2. The average molecular weight is 595 g/mol. The molecule has 0 radical (unpaired) electrons. The van der Waals surface area contributed by atoms with Crippen LogP contribution < -0.4 is 4.90 Å². The summed E-state index contributed by atoms with van der Waals surface area (Å²) in [6, 6.07) is 14.5. The van der Waals surface area contributed by atoms with Gasteiger partial charge in [-0.2, -0.15) is 0 Å². The topological polar surface area (TPSA) is 37.4 Å². The van der Waals surface area contributed by atoms with Gasteiger partial charge in [0.05, 0.1) is 0 Å². The Hall–Kier alpha value is -3.19. The molecule has 38 heavy (non-hydrogen) atoms. The summed E-state index contributed by atoms with van der Waals surface area (Å²) in [4.78, 5) is 31.9. The van der Waals surface area contributed by atoms with E-state index >= 15 is 13.2 Å². The van der Waals surface area contributed by atoms with E-state index in [9.17, 15) is 9.59 Å². The monoisotopic (exact) mass is 595 g/mol. The number of alkyl halides is 3. The van der Waals surface area contributed by atoms with Gasteiger partial charge in [-0.3, -0.25) is 0 Å². The van der Waals surface area contributed by atoms with Crippen LogP contribution in [0.4, 0.5) is 29.5 Å². The van der Waals surface area contributed by atoms with Crippen LogP contribution in [0.15, 0.2) is 64.0 Å². The van der Waals surface area contributed by atoms with Gasteiger partial charge in [0.1, 0.15) is 0 Å². The van der Waals surface area contributed by atoms with E-state index in [0.29, 0.717) is 26.7 Å². The van der Waals surface area contributed by atoms with Crippen molar-refractivity contribution < 1.29 is 22.8 Å². The third kappa shape index (κ3) is 2.80. The van der Waals surface area contributed by atoms with Crippen molar-refractivity contribution in [3.63, 3.8) is 0 Å². The van der Waals surface area contributed by atoms with Gasteiger partial charge in [-0.15, -0.1) is 0 Å². The number of allylic oxidation sites excluding steroid dienone is 1. The number of hydrogen-bond acceptors (Lipinski definition) is 4. The van der Waals surface area contributed by atoms with Gasteiger partial charge in [-0.05, 0) is 0 Å². The van der Waals surface area contributed by atoms with Crippen LogP contribution >= 0.6 is 11.3 Å². The van der Waals surface area contributed by atoms with Gasteiger partial charge in [0.2, 0.25) is 0 Å². The van der Waals surface area contributed by atoms with Gasteiger partial charge < -0.3 is 0 Å². The standard InChI is InChI=1S/C30H20F3NO2SSe/c1-28(2)19-7-4-5-10-23(19)34-24-20(28)8-6-9-21(24)29(3,30(31,32)33)22-12-15(37-27(22)34)11-16-25(35)17-13-38-14-18(17)26(16)36/h4-14H,1-3H3. The minimum atomic E-state index is -4.58. The molecule has 0 N–H and O–H groups in total. The van der Waals surface area contributed by atoms with Crippen molar-refractivity contribution in [2.75, 3.05) is 4.90 Å². The maximum atomic E-state index is 15.1.